The summed E-state index contributed by atoms with van der Waals surface area (Å²) in [6.07, 6.45) is 6.96. The van der Waals surface area contributed by atoms with Gasteiger partial charge in [0.1, 0.15) is 0 Å². The lowest BCUT2D eigenvalue weighted by Gasteiger charge is -2.28. The lowest BCUT2D eigenvalue weighted by atomic mass is 9.84. The van der Waals surface area contributed by atoms with Gasteiger partial charge in [0, 0.05) is 6.04 Å². The summed E-state index contributed by atoms with van der Waals surface area (Å²) in [5.41, 5.74) is 0. The Kier molecular flexibility index (Phi) is 4.14. The van der Waals surface area contributed by atoms with Crippen molar-refractivity contribution in [2.24, 2.45) is 17.8 Å². The SMILES string of the molecule is CCCCS(=O)(=O)N[C@H](C)[C@H]1C[C@@H]2CC[C@@H]1C2. The zero-order valence-corrected chi connectivity index (χ0v) is 11.8. The standard InChI is InChI=1S/C13H25NO2S/c1-3-4-7-17(15,16)14-10(2)13-9-11-5-6-12(13)8-11/h10-14H,3-9H2,1-2H3/t10-,11-,12-,13-/m1/s1. The molecule has 2 rings (SSSR count). The van der Waals surface area contributed by atoms with Crippen LogP contribution in [0.5, 0.6) is 0 Å². The summed E-state index contributed by atoms with van der Waals surface area (Å²) >= 11 is 0. The fourth-order valence-electron chi connectivity index (χ4n) is 3.67. The Morgan fingerprint density at radius 1 is 1.29 bits per heavy atom. The monoisotopic (exact) mass is 259 g/mol. The molecule has 17 heavy (non-hydrogen) atoms. The molecule has 100 valence electrons. The van der Waals surface area contributed by atoms with Crippen molar-refractivity contribution in [3.63, 3.8) is 0 Å². The van der Waals surface area contributed by atoms with Crippen LogP contribution in [0.2, 0.25) is 0 Å². The molecule has 2 aliphatic carbocycles. The summed E-state index contributed by atoms with van der Waals surface area (Å²) < 4.78 is 26.6. The molecule has 0 amide bonds. The molecule has 3 nitrogen and oxygen atoms in total. The van der Waals surface area contributed by atoms with Crippen molar-refractivity contribution in [3.05, 3.63) is 0 Å². The van der Waals surface area contributed by atoms with Gasteiger partial charge in [-0.25, -0.2) is 13.1 Å². The van der Waals surface area contributed by atoms with Crippen molar-refractivity contribution in [1.82, 2.24) is 4.72 Å². The summed E-state index contributed by atoms with van der Waals surface area (Å²) in [7, 11) is -3.05. The zero-order chi connectivity index (χ0) is 12.5. The van der Waals surface area contributed by atoms with E-state index in [0.29, 0.717) is 5.92 Å². The van der Waals surface area contributed by atoms with E-state index in [9.17, 15) is 8.42 Å². The molecular formula is C13H25NO2S. The minimum Gasteiger partial charge on any atom is -0.212 e. The Bertz CT molecular complexity index is 352. The van der Waals surface area contributed by atoms with Crippen LogP contribution in [0, 0.1) is 17.8 Å². The third-order valence-electron chi connectivity index (χ3n) is 4.57. The molecule has 4 heteroatoms. The van der Waals surface area contributed by atoms with Crippen LogP contribution in [-0.2, 0) is 10.0 Å². The number of hydrogen-bond donors (Lipinski definition) is 1. The number of fused-ring (bicyclic) bond motifs is 2. The van der Waals surface area contributed by atoms with Gasteiger partial charge in [0.25, 0.3) is 0 Å². The van der Waals surface area contributed by atoms with Crippen LogP contribution in [0.3, 0.4) is 0 Å². The minimum atomic E-state index is -3.05. The molecule has 2 aliphatic rings. The third-order valence-corrected chi connectivity index (χ3v) is 6.12. The Labute approximate surface area is 105 Å². The third kappa shape index (κ3) is 3.22. The van der Waals surface area contributed by atoms with Gasteiger partial charge in [-0.15, -0.1) is 0 Å². The summed E-state index contributed by atoms with van der Waals surface area (Å²) in [5, 5.41) is 0. The highest BCUT2D eigenvalue weighted by Crippen LogP contribution is 2.49. The summed E-state index contributed by atoms with van der Waals surface area (Å²) in [6.45, 7) is 4.07. The first-order valence-corrected chi connectivity index (χ1v) is 8.67. The average molecular weight is 259 g/mol. The van der Waals surface area contributed by atoms with Gasteiger partial charge in [0.2, 0.25) is 10.0 Å². The Morgan fingerprint density at radius 2 is 2.06 bits per heavy atom. The number of unbranched alkanes of at least 4 members (excludes halogenated alkanes) is 1. The van der Waals surface area contributed by atoms with Crippen molar-refractivity contribution >= 4 is 10.0 Å². The van der Waals surface area contributed by atoms with Crippen molar-refractivity contribution in [1.29, 1.82) is 0 Å². The molecule has 1 N–H and O–H groups in total. The molecule has 0 aromatic carbocycles. The van der Waals surface area contributed by atoms with E-state index in [1.54, 1.807) is 0 Å². The molecule has 2 fully saturated rings. The van der Waals surface area contributed by atoms with Crippen LogP contribution in [0.4, 0.5) is 0 Å². The van der Waals surface area contributed by atoms with E-state index in [4.69, 9.17) is 0 Å². The fraction of sp³-hybridized carbons (Fsp3) is 1.00. The second-order valence-electron chi connectivity index (χ2n) is 5.92. The average Bonchev–Trinajstić information content (AvgIpc) is 2.87. The largest absolute Gasteiger partial charge is 0.212 e. The van der Waals surface area contributed by atoms with E-state index in [-0.39, 0.29) is 11.8 Å². The Morgan fingerprint density at radius 3 is 2.59 bits per heavy atom. The smallest absolute Gasteiger partial charge is 0.211 e. The predicted octanol–water partition coefficient (Wildman–Crippen LogP) is 2.53. The van der Waals surface area contributed by atoms with Crippen molar-refractivity contribution < 1.29 is 8.42 Å². The number of hydrogen-bond acceptors (Lipinski definition) is 2. The van der Waals surface area contributed by atoms with Crippen LogP contribution < -0.4 is 4.72 Å². The summed E-state index contributed by atoms with van der Waals surface area (Å²) in [4.78, 5) is 0. The van der Waals surface area contributed by atoms with Gasteiger partial charge in [0.05, 0.1) is 5.75 Å². The van der Waals surface area contributed by atoms with E-state index in [2.05, 4.69) is 11.6 Å². The first-order chi connectivity index (χ1) is 8.02. The molecule has 0 aromatic rings. The van der Waals surface area contributed by atoms with Gasteiger partial charge in [-0.3, -0.25) is 0 Å². The highest BCUT2D eigenvalue weighted by molar-refractivity contribution is 7.89. The molecule has 0 spiro atoms. The molecule has 4 atom stereocenters. The second-order valence-corrected chi connectivity index (χ2v) is 7.79. The fourth-order valence-corrected chi connectivity index (χ4v) is 5.20. The Balaban J connectivity index is 1.86. The highest BCUT2D eigenvalue weighted by Gasteiger charge is 2.42. The van der Waals surface area contributed by atoms with Gasteiger partial charge in [-0.1, -0.05) is 19.8 Å². The van der Waals surface area contributed by atoms with Gasteiger partial charge in [0.15, 0.2) is 0 Å². The quantitative estimate of drug-likeness (QED) is 0.796. The summed E-state index contributed by atoms with van der Waals surface area (Å²) in [6, 6.07) is 0.132. The molecule has 0 aromatic heterocycles. The molecule has 0 heterocycles. The molecular weight excluding hydrogens is 234 g/mol. The molecule has 2 saturated carbocycles. The van der Waals surface area contributed by atoms with E-state index < -0.39 is 10.0 Å². The van der Waals surface area contributed by atoms with E-state index >= 15 is 0 Å². The highest BCUT2D eigenvalue weighted by atomic mass is 32.2. The zero-order valence-electron chi connectivity index (χ0n) is 11.0. The topological polar surface area (TPSA) is 46.2 Å². The van der Waals surface area contributed by atoms with Gasteiger partial charge in [-0.2, -0.15) is 0 Å². The maximum atomic E-state index is 11.9. The lowest BCUT2D eigenvalue weighted by Crippen LogP contribution is -2.41. The predicted molar refractivity (Wildman–Crippen MR) is 70.2 cm³/mol. The number of nitrogens with one attached hydrogen (secondary N) is 1. The first kappa shape index (κ1) is 13.3. The first-order valence-electron chi connectivity index (χ1n) is 7.02. The van der Waals surface area contributed by atoms with E-state index in [1.807, 2.05) is 6.92 Å². The molecule has 0 aliphatic heterocycles. The number of sulfonamides is 1. The van der Waals surface area contributed by atoms with Crippen molar-refractivity contribution in [2.45, 2.75) is 58.4 Å². The Hall–Kier alpha value is -0.0900. The van der Waals surface area contributed by atoms with Crippen LogP contribution in [0.1, 0.15) is 52.4 Å². The molecule has 0 radical (unpaired) electrons. The van der Waals surface area contributed by atoms with Crippen LogP contribution in [0.15, 0.2) is 0 Å². The van der Waals surface area contributed by atoms with E-state index in [1.165, 1.54) is 25.7 Å². The molecule has 2 bridgehead atoms. The van der Waals surface area contributed by atoms with Crippen LogP contribution in [-0.4, -0.2) is 20.2 Å². The van der Waals surface area contributed by atoms with E-state index in [0.717, 1.165) is 24.7 Å². The number of rotatable bonds is 6. The van der Waals surface area contributed by atoms with Crippen molar-refractivity contribution in [3.8, 4) is 0 Å². The maximum absolute atomic E-state index is 11.9. The normalized spacial score (nSPS) is 34.1. The molecule has 0 saturated heterocycles. The van der Waals surface area contributed by atoms with Gasteiger partial charge < -0.3 is 0 Å². The van der Waals surface area contributed by atoms with Gasteiger partial charge >= 0.3 is 0 Å². The molecule has 0 unspecified atom stereocenters. The van der Waals surface area contributed by atoms with Crippen LogP contribution in [0.25, 0.3) is 0 Å². The van der Waals surface area contributed by atoms with Crippen LogP contribution >= 0.6 is 0 Å². The van der Waals surface area contributed by atoms with Crippen molar-refractivity contribution in [2.75, 3.05) is 5.75 Å². The van der Waals surface area contributed by atoms with Gasteiger partial charge in [-0.05, 0) is 50.4 Å². The second kappa shape index (κ2) is 5.27. The summed E-state index contributed by atoms with van der Waals surface area (Å²) in [5.74, 6) is 2.54. The lowest BCUT2D eigenvalue weighted by molar-refractivity contribution is 0.280. The maximum Gasteiger partial charge on any atom is 0.211 e. The minimum absolute atomic E-state index is 0.132.